The average Bonchev–Trinajstić information content (AvgIpc) is 3.18. The summed E-state index contributed by atoms with van der Waals surface area (Å²) in [6.45, 7) is 3.12. The second-order valence-electron chi connectivity index (χ2n) is 5.24. The first-order valence-electron chi connectivity index (χ1n) is 6.59. The number of nitrogens with zero attached hydrogens (tertiary/aromatic N) is 2. The predicted molar refractivity (Wildman–Crippen MR) is 72.9 cm³/mol. The zero-order valence-corrected chi connectivity index (χ0v) is 11.8. The molecule has 1 aromatic rings. The molecule has 0 radical (unpaired) electrons. The van der Waals surface area contributed by atoms with Crippen LogP contribution in [-0.4, -0.2) is 42.0 Å². The van der Waals surface area contributed by atoms with Gasteiger partial charge in [0, 0.05) is 26.9 Å². The fraction of sp³-hybridized carbons (Fsp3) is 0.692. The Hall–Kier alpha value is -1.56. The summed E-state index contributed by atoms with van der Waals surface area (Å²) in [5.74, 6) is 0.584. The van der Waals surface area contributed by atoms with Crippen LogP contribution in [0.3, 0.4) is 0 Å². The summed E-state index contributed by atoms with van der Waals surface area (Å²) in [4.78, 5) is 11.2. The number of amides is 1. The minimum Gasteiger partial charge on any atom is -0.380 e. The molecule has 1 atom stereocenters. The maximum atomic E-state index is 11.2. The molecule has 2 rings (SSSR count). The van der Waals surface area contributed by atoms with Crippen molar-refractivity contribution in [3.63, 3.8) is 0 Å². The summed E-state index contributed by atoms with van der Waals surface area (Å²) >= 11 is 0. The SMILES string of the molecule is CNC(=O)Cn1cc(NCC(C)(OC)C2CC2)cn1. The maximum Gasteiger partial charge on any atom is 0.241 e. The lowest BCUT2D eigenvalue weighted by Gasteiger charge is -2.28. The summed E-state index contributed by atoms with van der Waals surface area (Å²) in [5.41, 5.74) is 0.788. The zero-order chi connectivity index (χ0) is 13.9. The summed E-state index contributed by atoms with van der Waals surface area (Å²) in [6, 6.07) is 0. The number of rotatable bonds is 7. The highest BCUT2D eigenvalue weighted by molar-refractivity contribution is 5.75. The lowest BCUT2D eigenvalue weighted by Crippen LogP contribution is -2.38. The summed E-state index contributed by atoms with van der Waals surface area (Å²) in [6.07, 6.45) is 6.04. The van der Waals surface area contributed by atoms with Crippen molar-refractivity contribution >= 4 is 11.6 Å². The third kappa shape index (κ3) is 3.47. The third-order valence-corrected chi connectivity index (χ3v) is 3.77. The zero-order valence-electron chi connectivity index (χ0n) is 11.8. The molecule has 1 unspecified atom stereocenters. The molecular formula is C13H22N4O2. The van der Waals surface area contributed by atoms with Gasteiger partial charge >= 0.3 is 0 Å². The Morgan fingerprint density at radius 3 is 2.95 bits per heavy atom. The van der Waals surface area contributed by atoms with Gasteiger partial charge in [0.25, 0.3) is 0 Å². The van der Waals surface area contributed by atoms with Crippen molar-refractivity contribution in [2.45, 2.75) is 31.9 Å². The van der Waals surface area contributed by atoms with Crippen LogP contribution >= 0.6 is 0 Å². The van der Waals surface area contributed by atoms with Crippen LogP contribution in [0, 0.1) is 5.92 Å². The monoisotopic (exact) mass is 266 g/mol. The third-order valence-electron chi connectivity index (χ3n) is 3.77. The molecule has 0 aromatic carbocycles. The van der Waals surface area contributed by atoms with E-state index >= 15 is 0 Å². The maximum absolute atomic E-state index is 11.2. The van der Waals surface area contributed by atoms with Crippen molar-refractivity contribution in [3.8, 4) is 0 Å². The molecule has 0 bridgehead atoms. The van der Waals surface area contributed by atoms with Gasteiger partial charge in [-0.25, -0.2) is 0 Å². The van der Waals surface area contributed by atoms with E-state index in [-0.39, 0.29) is 18.1 Å². The van der Waals surface area contributed by atoms with Crippen molar-refractivity contribution in [1.29, 1.82) is 0 Å². The summed E-state index contributed by atoms with van der Waals surface area (Å²) in [5, 5.41) is 10.0. The Morgan fingerprint density at radius 2 is 2.37 bits per heavy atom. The van der Waals surface area contributed by atoms with Crippen molar-refractivity contribution in [2.24, 2.45) is 5.92 Å². The number of nitrogens with one attached hydrogen (secondary N) is 2. The van der Waals surface area contributed by atoms with E-state index in [9.17, 15) is 4.79 Å². The number of carbonyl (C=O) groups is 1. The van der Waals surface area contributed by atoms with Gasteiger partial charge in [-0.3, -0.25) is 9.48 Å². The molecule has 6 heteroatoms. The molecule has 0 aliphatic heterocycles. The molecule has 0 saturated heterocycles. The van der Waals surface area contributed by atoms with Gasteiger partial charge in [0.1, 0.15) is 6.54 Å². The average molecular weight is 266 g/mol. The molecule has 0 spiro atoms. The molecule has 1 aliphatic rings. The highest BCUT2D eigenvalue weighted by atomic mass is 16.5. The van der Waals surface area contributed by atoms with Gasteiger partial charge in [0.05, 0.1) is 17.5 Å². The highest BCUT2D eigenvalue weighted by Crippen LogP contribution is 2.41. The van der Waals surface area contributed by atoms with Gasteiger partial charge < -0.3 is 15.4 Å². The van der Waals surface area contributed by atoms with E-state index in [4.69, 9.17) is 4.74 Å². The number of likely N-dealkylation sites (N-methyl/N-ethyl adjacent to an activating group) is 1. The number of ether oxygens (including phenoxy) is 1. The number of anilines is 1. The molecule has 19 heavy (non-hydrogen) atoms. The quantitative estimate of drug-likeness (QED) is 0.768. The smallest absolute Gasteiger partial charge is 0.241 e. The van der Waals surface area contributed by atoms with E-state index in [0.29, 0.717) is 5.92 Å². The Labute approximate surface area is 113 Å². The Balaban J connectivity index is 1.87. The van der Waals surface area contributed by atoms with Crippen LogP contribution < -0.4 is 10.6 Å². The molecule has 1 amide bonds. The first-order valence-corrected chi connectivity index (χ1v) is 6.59. The lowest BCUT2D eigenvalue weighted by molar-refractivity contribution is -0.121. The van der Waals surface area contributed by atoms with Gasteiger partial charge in [-0.05, 0) is 25.7 Å². The molecule has 6 nitrogen and oxygen atoms in total. The summed E-state index contributed by atoms with van der Waals surface area (Å²) in [7, 11) is 3.37. The van der Waals surface area contributed by atoms with E-state index in [1.165, 1.54) is 12.8 Å². The molecule has 106 valence electrons. The van der Waals surface area contributed by atoms with E-state index in [1.54, 1.807) is 25.0 Å². The second-order valence-corrected chi connectivity index (χ2v) is 5.24. The van der Waals surface area contributed by atoms with Crippen molar-refractivity contribution in [3.05, 3.63) is 12.4 Å². The van der Waals surface area contributed by atoms with Crippen LogP contribution in [0.25, 0.3) is 0 Å². The highest BCUT2D eigenvalue weighted by Gasteiger charge is 2.41. The van der Waals surface area contributed by atoms with Crippen LogP contribution in [0.15, 0.2) is 12.4 Å². The van der Waals surface area contributed by atoms with Crippen LogP contribution in [0.2, 0.25) is 0 Å². The van der Waals surface area contributed by atoms with E-state index < -0.39 is 0 Å². The Bertz CT molecular complexity index is 442. The Kier molecular flexibility index (Phi) is 4.09. The first kappa shape index (κ1) is 13.9. The van der Waals surface area contributed by atoms with Crippen LogP contribution in [0.1, 0.15) is 19.8 Å². The molecule has 1 heterocycles. The number of hydrogen-bond acceptors (Lipinski definition) is 4. The normalized spacial score (nSPS) is 17.8. The molecule has 1 aliphatic carbocycles. The molecule has 1 aromatic heterocycles. The largest absolute Gasteiger partial charge is 0.380 e. The number of aromatic nitrogens is 2. The molecule has 1 fully saturated rings. The van der Waals surface area contributed by atoms with Crippen molar-refractivity contribution in [2.75, 3.05) is 26.0 Å². The van der Waals surface area contributed by atoms with E-state index in [1.807, 2.05) is 6.20 Å². The van der Waals surface area contributed by atoms with Gasteiger partial charge in [-0.15, -0.1) is 0 Å². The minimum atomic E-state index is -0.122. The van der Waals surface area contributed by atoms with Crippen molar-refractivity contribution in [1.82, 2.24) is 15.1 Å². The minimum absolute atomic E-state index is 0.0608. The van der Waals surface area contributed by atoms with Crippen LogP contribution in [0.5, 0.6) is 0 Å². The molecule has 1 saturated carbocycles. The van der Waals surface area contributed by atoms with Crippen LogP contribution in [-0.2, 0) is 16.1 Å². The molecular weight excluding hydrogens is 244 g/mol. The van der Waals surface area contributed by atoms with E-state index in [0.717, 1.165) is 12.2 Å². The molecule has 2 N–H and O–H groups in total. The van der Waals surface area contributed by atoms with Crippen LogP contribution in [0.4, 0.5) is 5.69 Å². The topological polar surface area (TPSA) is 68.2 Å². The van der Waals surface area contributed by atoms with Crippen molar-refractivity contribution < 1.29 is 9.53 Å². The summed E-state index contributed by atoms with van der Waals surface area (Å²) < 4.78 is 7.23. The fourth-order valence-electron chi connectivity index (χ4n) is 2.12. The fourth-order valence-corrected chi connectivity index (χ4v) is 2.12. The van der Waals surface area contributed by atoms with Gasteiger partial charge in [0.2, 0.25) is 5.91 Å². The predicted octanol–water partition coefficient (Wildman–Crippen LogP) is 0.856. The first-order chi connectivity index (χ1) is 9.07. The number of methoxy groups -OCH3 is 1. The van der Waals surface area contributed by atoms with Gasteiger partial charge in [-0.2, -0.15) is 5.10 Å². The van der Waals surface area contributed by atoms with Gasteiger partial charge in [-0.1, -0.05) is 0 Å². The lowest BCUT2D eigenvalue weighted by atomic mass is 10.0. The number of carbonyl (C=O) groups excluding carboxylic acids is 1. The standard InChI is InChI=1S/C13H22N4O2/c1-13(19-3,10-4-5-10)9-15-11-6-16-17(7-11)8-12(18)14-2/h6-7,10,15H,4-5,8-9H2,1-3H3,(H,14,18). The Morgan fingerprint density at radius 1 is 1.63 bits per heavy atom. The van der Waals surface area contributed by atoms with Gasteiger partial charge in [0.15, 0.2) is 0 Å². The second kappa shape index (κ2) is 5.61. The van der Waals surface area contributed by atoms with E-state index in [2.05, 4.69) is 22.7 Å². The number of hydrogen-bond donors (Lipinski definition) is 2.